The van der Waals surface area contributed by atoms with Crippen LogP contribution in [0, 0.1) is 17.0 Å². The third kappa shape index (κ3) is 3.54. The van der Waals surface area contributed by atoms with Crippen LogP contribution < -0.4 is 10.6 Å². The number of carbonyl (C=O) groups excluding carboxylic acids is 1. The molecular weight excluding hydrogens is 292 g/mol. The van der Waals surface area contributed by atoms with Crippen molar-refractivity contribution >= 4 is 28.6 Å². The smallest absolute Gasteiger partial charge is 0.270 e. The van der Waals surface area contributed by atoms with Crippen LogP contribution in [-0.4, -0.2) is 22.9 Å². The number of hydrogen-bond donors (Lipinski definition) is 2. The molecule has 0 aliphatic heterocycles. The van der Waals surface area contributed by atoms with Gasteiger partial charge >= 0.3 is 0 Å². The number of hydrogen-bond acceptors (Lipinski definition) is 6. The molecule has 0 atom stereocenters. The number of benzene rings is 1. The largest absolute Gasteiger partial charge is 0.387 e. The van der Waals surface area contributed by atoms with Gasteiger partial charge < -0.3 is 10.6 Å². The van der Waals surface area contributed by atoms with Crippen LogP contribution in [0.25, 0.3) is 0 Å². The molecule has 1 aromatic carbocycles. The summed E-state index contributed by atoms with van der Waals surface area (Å²) in [4.78, 5) is 26.7. The number of non-ortho nitro benzene ring substituents is 1. The molecule has 2 N–H and O–H groups in total. The lowest BCUT2D eigenvalue weighted by atomic mass is 10.1. The number of nitrogens with zero attached hydrogens (tertiary/aromatic N) is 2. The van der Waals surface area contributed by atoms with Crippen molar-refractivity contribution in [1.82, 2.24) is 10.3 Å². The fourth-order valence-electron chi connectivity index (χ4n) is 1.81. The van der Waals surface area contributed by atoms with Gasteiger partial charge in [0, 0.05) is 30.2 Å². The van der Waals surface area contributed by atoms with Crippen molar-refractivity contribution in [3.63, 3.8) is 0 Å². The molecule has 1 heterocycles. The van der Waals surface area contributed by atoms with Gasteiger partial charge in [-0.15, -0.1) is 11.3 Å². The minimum absolute atomic E-state index is 0.122. The average Bonchev–Trinajstić information content (AvgIpc) is 2.89. The molecular formula is C13H14N4O3S. The van der Waals surface area contributed by atoms with Crippen LogP contribution in [0.4, 0.5) is 11.4 Å². The van der Waals surface area contributed by atoms with Gasteiger partial charge in [0.05, 0.1) is 27.7 Å². The van der Waals surface area contributed by atoms with Crippen LogP contribution in [0.15, 0.2) is 23.6 Å². The summed E-state index contributed by atoms with van der Waals surface area (Å²) in [6.45, 7) is 2.17. The molecule has 110 valence electrons. The number of aromatic nitrogens is 1. The summed E-state index contributed by atoms with van der Waals surface area (Å²) in [5.74, 6) is -0.381. The van der Waals surface area contributed by atoms with Crippen LogP contribution in [-0.2, 0) is 6.54 Å². The normalized spacial score (nSPS) is 10.2. The van der Waals surface area contributed by atoms with Crippen molar-refractivity contribution in [3.8, 4) is 0 Å². The van der Waals surface area contributed by atoms with Gasteiger partial charge in [-0.25, -0.2) is 4.98 Å². The Labute approximate surface area is 125 Å². The number of anilines is 1. The Balaban J connectivity index is 2.17. The average molecular weight is 306 g/mol. The van der Waals surface area contributed by atoms with E-state index in [0.717, 1.165) is 10.7 Å². The molecule has 8 heteroatoms. The van der Waals surface area contributed by atoms with E-state index in [0.29, 0.717) is 5.69 Å². The lowest BCUT2D eigenvalue weighted by Gasteiger charge is -2.09. The molecule has 0 saturated carbocycles. The summed E-state index contributed by atoms with van der Waals surface area (Å²) in [6, 6.07) is 4.12. The molecule has 1 aromatic heterocycles. The minimum Gasteiger partial charge on any atom is -0.387 e. The Morgan fingerprint density at radius 3 is 2.81 bits per heavy atom. The number of aryl methyl sites for hydroxylation is 1. The van der Waals surface area contributed by atoms with E-state index in [1.165, 1.54) is 29.5 Å². The molecule has 0 bridgehead atoms. The van der Waals surface area contributed by atoms with Crippen LogP contribution in [0.1, 0.15) is 21.1 Å². The lowest BCUT2D eigenvalue weighted by Crippen LogP contribution is -2.24. The molecule has 2 aromatic rings. The second-order valence-corrected chi connectivity index (χ2v) is 5.34. The summed E-state index contributed by atoms with van der Waals surface area (Å²) in [7, 11) is 1.65. The van der Waals surface area contributed by atoms with Gasteiger partial charge in [0.15, 0.2) is 0 Å². The Kier molecular flexibility index (Phi) is 4.49. The summed E-state index contributed by atoms with van der Waals surface area (Å²) in [6.07, 6.45) is 0. The van der Waals surface area contributed by atoms with E-state index in [1.54, 1.807) is 7.05 Å². The number of amides is 1. The maximum atomic E-state index is 12.2. The summed E-state index contributed by atoms with van der Waals surface area (Å²) >= 11 is 1.50. The Morgan fingerprint density at radius 1 is 1.48 bits per heavy atom. The second-order valence-electron chi connectivity index (χ2n) is 4.28. The molecule has 2 rings (SSSR count). The van der Waals surface area contributed by atoms with E-state index in [1.807, 2.05) is 12.3 Å². The van der Waals surface area contributed by atoms with Crippen molar-refractivity contribution in [2.45, 2.75) is 13.5 Å². The van der Waals surface area contributed by atoms with E-state index >= 15 is 0 Å². The summed E-state index contributed by atoms with van der Waals surface area (Å²) < 4.78 is 0. The predicted molar refractivity (Wildman–Crippen MR) is 80.7 cm³/mol. The molecule has 0 aliphatic rings. The number of nitro groups is 1. The van der Waals surface area contributed by atoms with Crippen LogP contribution in [0.5, 0.6) is 0 Å². The number of nitro benzene ring substituents is 1. The van der Waals surface area contributed by atoms with Gasteiger partial charge in [-0.2, -0.15) is 0 Å². The highest BCUT2D eigenvalue weighted by Crippen LogP contribution is 2.21. The van der Waals surface area contributed by atoms with Gasteiger partial charge in [-0.1, -0.05) is 0 Å². The topological polar surface area (TPSA) is 97.2 Å². The maximum Gasteiger partial charge on any atom is 0.270 e. The molecule has 0 unspecified atom stereocenters. The number of rotatable bonds is 5. The van der Waals surface area contributed by atoms with E-state index in [2.05, 4.69) is 15.6 Å². The van der Waals surface area contributed by atoms with Gasteiger partial charge in [0.2, 0.25) is 0 Å². The Hall–Kier alpha value is -2.48. The van der Waals surface area contributed by atoms with Crippen molar-refractivity contribution in [2.24, 2.45) is 0 Å². The highest BCUT2D eigenvalue weighted by molar-refractivity contribution is 7.09. The minimum atomic E-state index is -0.528. The Morgan fingerprint density at radius 2 is 2.24 bits per heavy atom. The highest BCUT2D eigenvalue weighted by Gasteiger charge is 2.16. The molecule has 0 spiro atoms. The molecule has 21 heavy (non-hydrogen) atoms. The second kappa shape index (κ2) is 6.31. The monoisotopic (exact) mass is 306 g/mol. The lowest BCUT2D eigenvalue weighted by molar-refractivity contribution is -0.384. The first-order valence-electron chi connectivity index (χ1n) is 6.16. The number of carbonyl (C=O) groups is 1. The molecule has 0 fully saturated rings. The van der Waals surface area contributed by atoms with Gasteiger partial charge in [0.1, 0.15) is 0 Å². The summed E-state index contributed by atoms with van der Waals surface area (Å²) in [5.41, 5.74) is 1.41. The van der Waals surface area contributed by atoms with Gasteiger partial charge in [-0.05, 0) is 13.0 Å². The predicted octanol–water partition coefficient (Wildman–Crippen LogP) is 2.33. The molecule has 7 nitrogen and oxygen atoms in total. The van der Waals surface area contributed by atoms with Crippen molar-refractivity contribution in [2.75, 3.05) is 12.4 Å². The zero-order valence-corrected chi connectivity index (χ0v) is 12.4. The first-order valence-corrected chi connectivity index (χ1v) is 7.04. The quantitative estimate of drug-likeness (QED) is 0.652. The van der Waals surface area contributed by atoms with E-state index in [-0.39, 0.29) is 23.7 Å². The van der Waals surface area contributed by atoms with E-state index in [4.69, 9.17) is 0 Å². The highest BCUT2D eigenvalue weighted by atomic mass is 32.1. The third-order valence-electron chi connectivity index (χ3n) is 2.82. The molecule has 0 radical (unpaired) electrons. The number of thiazole rings is 1. The SMILES string of the molecule is CNc1ccc([N+](=O)[O-])cc1C(=O)NCc1csc(C)n1. The van der Waals surface area contributed by atoms with Crippen LogP contribution >= 0.6 is 11.3 Å². The van der Waals surface area contributed by atoms with E-state index < -0.39 is 4.92 Å². The van der Waals surface area contributed by atoms with E-state index in [9.17, 15) is 14.9 Å². The summed E-state index contributed by atoms with van der Waals surface area (Å²) in [5, 5.41) is 19.1. The standard InChI is InChI=1S/C13H14N4O3S/c1-8-16-9(7-21-8)6-15-13(18)11-5-10(17(19)20)3-4-12(11)14-2/h3-5,7,14H,6H2,1-2H3,(H,15,18). The van der Waals surface area contributed by atoms with Crippen molar-refractivity contribution in [3.05, 3.63) is 50.0 Å². The molecule has 0 aliphatic carbocycles. The van der Waals surface area contributed by atoms with Crippen LogP contribution in [0.2, 0.25) is 0 Å². The van der Waals surface area contributed by atoms with Crippen molar-refractivity contribution in [1.29, 1.82) is 0 Å². The fraction of sp³-hybridized carbons (Fsp3) is 0.231. The molecule has 0 saturated heterocycles. The Bertz CT molecular complexity index is 684. The maximum absolute atomic E-state index is 12.2. The van der Waals surface area contributed by atoms with Crippen molar-refractivity contribution < 1.29 is 9.72 Å². The first-order chi connectivity index (χ1) is 10.0. The number of nitrogens with one attached hydrogen (secondary N) is 2. The third-order valence-corrected chi connectivity index (χ3v) is 3.65. The van der Waals surface area contributed by atoms with Crippen LogP contribution in [0.3, 0.4) is 0 Å². The zero-order valence-electron chi connectivity index (χ0n) is 11.5. The molecule has 1 amide bonds. The first kappa shape index (κ1) is 14.9. The van der Waals surface area contributed by atoms with Gasteiger partial charge in [0.25, 0.3) is 11.6 Å². The zero-order chi connectivity index (χ0) is 15.4. The fourth-order valence-corrected chi connectivity index (χ4v) is 2.42. The van der Waals surface area contributed by atoms with Gasteiger partial charge in [-0.3, -0.25) is 14.9 Å².